The van der Waals surface area contributed by atoms with Crippen molar-refractivity contribution in [3.8, 4) is 0 Å². The molecule has 2 amide bonds. The number of nitro benzene ring substituents is 1. The summed E-state index contributed by atoms with van der Waals surface area (Å²) in [4.78, 5) is 25.5. The fourth-order valence-electron chi connectivity index (χ4n) is 2.11. The molecule has 1 unspecified atom stereocenters. The highest BCUT2D eigenvalue weighted by molar-refractivity contribution is 7.10. The highest BCUT2D eigenvalue weighted by atomic mass is 35.5. The molecule has 1 atom stereocenters. The molecule has 2 rings (SSSR count). The summed E-state index contributed by atoms with van der Waals surface area (Å²) in [7, 11) is 3.87. The van der Waals surface area contributed by atoms with Crippen LogP contribution in [-0.2, 0) is 0 Å². The first-order valence-corrected chi connectivity index (χ1v) is 8.33. The SMILES string of the molecule is CN(C)C(CNC(=O)Nc1ccc(Cl)c([N+](=O)[O-])c1)c1cccs1. The van der Waals surface area contributed by atoms with Crippen molar-refractivity contribution in [3.63, 3.8) is 0 Å². The van der Waals surface area contributed by atoms with Gasteiger partial charge in [0.1, 0.15) is 5.02 Å². The molecule has 24 heavy (non-hydrogen) atoms. The standard InChI is InChI=1S/C15H17ClN4O3S/c1-19(2)13(14-4-3-7-24-14)9-17-15(21)18-10-5-6-11(16)12(8-10)20(22)23/h3-8,13H,9H2,1-2H3,(H2,17,18,21). The summed E-state index contributed by atoms with van der Waals surface area (Å²) in [6, 6.07) is 7.71. The summed E-state index contributed by atoms with van der Waals surface area (Å²) in [6.07, 6.45) is 0. The van der Waals surface area contributed by atoms with E-state index in [0.29, 0.717) is 12.2 Å². The molecule has 0 saturated carbocycles. The number of hydrogen-bond donors (Lipinski definition) is 2. The van der Waals surface area contributed by atoms with Crippen molar-refractivity contribution in [1.29, 1.82) is 0 Å². The van der Waals surface area contributed by atoms with Crippen molar-refractivity contribution in [2.45, 2.75) is 6.04 Å². The topological polar surface area (TPSA) is 87.5 Å². The summed E-state index contributed by atoms with van der Waals surface area (Å²) in [5, 5.41) is 18.2. The van der Waals surface area contributed by atoms with E-state index in [9.17, 15) is 14.9 Å². The summed E-state index contributed by atoms with van der Waals surface area (Å²) < 4.78 is 0. The predicted molar refractivity (Wildman–Crippen MR) is 95.9 cm³/mol. The number of benzene rings is 1. The van der Waals surface area contributed by atoms with Gasteiger partial charge in [-0.2, -0.15) is 0 Å². The molecular weight excluding hydrogens is 352 g/mol. The third-order valence-electron chi connectivity index (χ3n) is 3.35. The number of urea groups is 1. The molecule has 7 nitrogen and oxygen atoms in total. The lowest BCUT2D eigenvalue weighted by atomic mass is 10.2. The third kappa shape index (κ3) is 4.67. The minimum absolute atomic E-state index is 0.0244. The van der Waals surface area contributed by atoms with Gasteiger partial charge in [0, 0.05) is 23.2 Å². The van der Waals surface area contributed by atoms with E-state index in [1.165, 1.54) is 18.2 Å². The molecule has 2 aromatic rings. The molecule has 0 bridgehead atoms. The molecule has 128 valence electrons. The van der Waals surface area contributed by atoms with Crippen LogP contribution in [0.25, 0.3) is 0 Å². The molecule has 0 aliphatic carbocycles. The summed E-state index contributed by atoms with van der Waals surface area (Å²) in [5.74, 6) is 0. The molecular formula is C15H17ClN4O3S. The van der Waals surface area contributed by atoms with E-state index in [4.69, 9.17) is 11.6 Å². The monoisotopic (exact) mass is 368 g/mol. The van der Waals surface area contributed by atoms with Crippen LogP contribution >= 0.6 is 22.9 Å². The minimum atomic E-state index is -0.593. The van der Waals surface area contributed by atoms with Crippen LogP contribution in [-0.4, -0.2) is 36.5 Å². The number of rotatable bonds is 6. The fourth-order valence-corrected chi connectivity index (χ4v) is 3.22. The maximum absolute atomic E-state index is 12.0. The minimum Gasteiger partial charge on any atom is -0.336 e. The van der Waals surface area contributed by atoms with Crippen LogP contribution in [0, 0.1) is 10.1 Å². The van der Waals surface area contributed by atoms with Gasteiger partial charge in [0.15, 0.2) is 0 Å². The first kappa shape index (κ1) is 18.2. The van der Waals surface area contributed by atoms with Gasteiger partial charge in [-0.15, -0.1) is 11.3 Å². The highest BCUT2D eigenvalue weighted by Crippen LogP contribution is 2.27. The number of likely N-dealkylation sites (N-methyl/N-ethyl adjacent to an activating group) is 1. The second-order valence-corrected chi connectivity index (χ2v) is 6.64. The van der Waals surface area contributed by atoms with Crippen molar-refractivity contribution >= 4 is 40.3 Å². The molecule has 2 N–H and O–H groups in total. The summed E-state index contributed by atoms with van der Waals surface area (Å²) >= 11 is 7.37. The molecule has 1 aromatic heterocycles. The van der Waals surface area contributed by atoms with Gasteiger partial charge >= 0.3 is 6.03 Å². The van der Waals surface area contributed by atoms with E-state index >= 15 is 0 Å². The quantitative estimate of drug-likeness (QED) is 0.600. The Kier molecular flexibility index (Phi) is 6.13. The van der Waals surface area contributed by atoms with Gasteiger partial charge in [-0.1, -0.05) is 17.7 Å². The lowest BCUT2D eigenvalue weighted by Crippen LogP contribution is -2.36. The number of hydrogen-bond acceptors (Lipinski definition) is 5. The Bertz CT molecular complexity index is 722. The third-order valence-corrected chi connectivity index (χ3v) is 4.64. The van der Waals surface area contributed by atoms with Crippen molar-refractivity contribution in [3.05, 3.63) is 55.7 Å². The Labute approximate surface area is 148 Å². The van der Waals surface area contributed by atoms with Crippen LogP contribution in [0.5, 0.6) is 0 Å². The zero-order valence-corrected chi connectivity index (χ0v) is 14.7. The number of carbonyl (C=O) groups excluding carboxylic acids is 1. The Hall–Kier alpha value is -2.16. The van der Waals surface area contributed by atoms with E-state index in [2.05, 4.69) is 10.6 Å². The smallest absolute Gasteiger partial charge is 0.319 e. The Morgan fingerprint density at radius 1 is 1.42 bits per heavy atom. The normalized spacial score (nSPS) is 12.0. The van der Waals surface area contributed by atoms with Gasteiger partial charge in [-0.25, -0.2) is 4.79 Å². The van der Waals surface area contributed by atoms with E-state index in [1.807, 2.05) is 36.5 Å². The van der Waals surface area contributed by atoms with Gasteiger partial charge in [-0.3, -0.25) is 10.1 Å². The van der Waals surface area contributed by atoms with Crippen LogP contribution in [0.15, 0.2) is 35.7 Å². The van der Waals surface area contributed by atoms with Crippen molar-refractivity contribution in [2.24, 2.45) is 0 Å². The van der Waals surface area contributed by atoms with E-state index in [0.717, 1.165) is 4.88 Å². The van der Waals surface area contributed by atoms with Crippen LogP contribution in [0.3, 0.4) is 0 Å². The number of carbonyl (C=O) groups is 1. The number of thiophene rings is 1. The van der Waals surface area contributed by atoms with E-state index < -0.39 is 11.0 Å². The zero-order chi connectivity index (χ0) is 17.7. The molecule has 1 aromatic carbocycles. The predicted octanol–water partition coefficient (Wildman–Crippen LogP) is 3.73. The molecule has 0 spiro atoms. The Morgan fingerprint density at radius 2 is 2.17 bits per heavy atom. The molecule has 1 heterocycles. The number of halogens is 1. The Morgan fingerprint density at radius 3 is 2.75 bits per heavy atom. The largest absolute Gasteiger partial charge is 0.336 e. The molecule has 0 aliphatic rings. The van der Waals surface area contributed by atoms with Gasteiger partial charge in [0.2, 0.25) is 0 Å². The van der Waals surface area contributed by atoms with Crippen LogP contribution in [0.1, 0.15) is 10.9 Å². The van der Waals surface area contributed by atoms with Gasteiger partial charge < -0.3 is 15.5 Å². The average Bonchev–Trinajstić information content (AvgIpc) is 3.03. The lowest BCUT2D eigenvalue weighted by molar-refractivity contribution is -0.384. The average molecular weight is 369 g/mol. The summed E-state index contributed by atoms with van der Waals surface area (Å²) in [5.41, 5.74) is 0.0559. The van der Waals surface area contributed by atoms with Crippen LogP contribution < -0.4 is 10.6 Å². The van der Waals surface area contributed by atoms with Crippen molar-refractivity contribution < 1.29 is 9.72 Å². The molecule has 9 heteroatoms. The number of anilines is 1. The lowest BCUT2D eigenvalue weighted by Gasteiger charge is -2.23. The number of nitrogens with zero attached hydrogens (tertiary/aromatic N) is 2. The molecule has 0 aliphatic heterocycles. The molecule has 0 saturated heterocycles. The number of nitro groups is 1. The zero-order valence-electron chi connectivity index (χ0n) is 13.2. The van der Waals surface area contributed by atoms with Crippen LogP contribution in [0.4, 0.5) is 16.2 Å². The number of amides is 2. The second-order valence-electron chi connectivity index (χ2n) is 5.25. The number of nitrogens with one attached hydrogen (secondary N) is 2. The fraction of sp³-hybridized carbons (Fsp3) is 0.267. The maximum atomic E-state index is 12.0. The van der Waals surface area contributed by atoms with Gasteiger partial charge in [0.05, 0.1) is 11.0 Å². The second kappa shape index (κ2) is 8.09. The molecule has 0 fully saturated rings. The van der Waals surface area contributed by atoms with E-state index in [1.54, 1.807) is 11.3 Å². The highest BCUT2D eigenvalue weighted by Gasteiger charge is 2.17. The van der Waals surface area contributed by atoms with Gasteiger partial charge in [0.25, 0.3) is 5.69 Å². The van der Waals surface area contributed by atoms with E-state index in [-0.39, 0.29) is 16.8 Å². The summed E-state index contributed by atoms with van der Waals surface area (Å²) in [6.45, 7) is 0.412. The van der Waals surface area contributed by atoms with Crippen molar-refractivity contribution in [2.75, 3.05) is 26.0 Å². The first-order valence-electron chi connectivity index (χ1n) is 7.07. The molecule has 0 radical (unpaired) electrons. The maximum Gasteiger partial charge on any atom is 0.319 e. The first-order chi connectivity index (χ1) is 11.4. The van der Waals surface area contributed by atoms with Gasteiger partial charge in [-0.05, 0) is 37.7 Å². The van der Waals surface area contributed by atoms with Crippen molar-refractivity contribution in [1.82, 2.24) is 10.2 Å². The van der Waals surface area contributed by atoms with Crippen LogP contribution in [0.2, 0.25) is 5.02 Å². The Balaban J connectivity index is 1.98.